The lowest BCUT2D eigenvalue weighted by molar-refractivity contribution is 0.355. The van der Waals surface area contributed by atoms with Crippen molar-refractivity contribution in [2.24, 2.45) is 4.99 Å². The summed E-state index contributed by atoms with van der Waals surface area (Å²) >= 11 is 0. The number of nitrogens with zero attached hydrogens (tertiary/aromatic N) is 1. The number of aliphatic imine (C=N–C) groups is 1. The van der Waals surface area contributed by atoms with Crippen molar-refractivity contribution in [2.75, 3.05) is 42.6 Å². The highest BCUT2D eigenvalue weighted by Crippen LogP contribution is 2.44. The van der Waals surface area contributed by atoms with Crippen LogP contribution in [0.3, 0.4) is 0 Å². The molecule has 0 unspecified atom stereocenters. The molecule has 0 radical (unpaired) electrons. The number of hydrogen-bond acceptors (Lipinski definition) is 6. The van der Waals surface area contributed by atoms with E-state index >= 15 is 0 Å². The molecule has 0 aliphatic rings. The Morgan fingerprint density at radius 1 is 0.600 bits per heavy atom. The van der Waals surface area contributed by atoms with Crippen LogP contribution in [0.25, 0.3) is 21.9 Å². The second kappa shape index (κ2) is 8.95. The number of methoxy groups -OCH3 is 5. The van der Waals surface area contributed by atoms with E-state index in [-0.39, 0.29) is 0 Å². The molecule has 0 bridgehead atoms. The van der Waals surface area contributed by atoms with Crippen molar-refractivity contribution in [3.8, 4) is 39.9 Å². The van der Waals surface area contributed by atoms with Crippen LogP contribution in [-0.2, 0) is 0 Å². The zero-order chi connectivity index (χ0) is 21.8. The third kappa shape index (κ3) is 3.61. The van der Waals surface area contributed by atoms with Gasteiger partial charge in [-0.3, -0.25) is 4.99 Å². The summed E-state index contributed by atoms with van der Waals surface area (Å²) in [4.78, 5) is 4.22. The van der Waals surface area contributed by atoms with E-state index in [1.807, 2.05) is 36.5 Å². The van der Waals surface area contributed by atoms with E-state index < -0.39 is 0 Å². The highest BCUT2D eigenvalue weighted by molar-refractivity contribution is 6.01. The van der Waals surface area contributed by atoms with E-state index in [4.69, 9.17) is 23.7 Å². The molecular formula is C24H27NO5. The molecule has 0 aliphatic carbocycles. The van der Waals surface area contributed by atoms with Crippen LogP contribution in [0.2, 0.25) is 0 Å². The number of rotatable bonds is 7. The molecule has 3 rings (SSSR count). The number of fused-ring (bicyclic) bond motifs is 1. The quantitative estimate of drug-likeness (QED) is 0.519. The Morgan fingerprint density at radius 2 is 1.07 bits per heavy atom. The van der Waals surface area contributed by atoms with Gasteiger partial charge in [0, 0.05) is 24.2 Å². The topological polar surface area (TPSA) is 58.5 Å². The maximum Gasteiger partial charge on any atom is 0.161 e. The average Bonchev–Trinajstić information content (AvgIpc) is 2.78. The van der Waals surface area contributed by atoms with Crippen LogP contribution in [0.1, 0.15) is 11.1 Å². The second-order valence-corrected chi connectivity index (χ2v) is 6.69. The normalized spacial score (nSPS) is 11.0. The Hall–Kier alpha value is -3.41. The highest BCUT2D eigenvalue weighted by Gasteiger charge is 2.19. The molecule has 6 heteroatoms. The van der Waals surface area contributed by atoms with Gasteiger partial charge in [-0.1, -0.05) is 0 Å². The highest BCUT2D eigenvalue weighted by atomic mass is 16.5. The van der Waals surface area contributed by atoms with Gasteiger partial charge in [0.25, 0.3) is 0 Å². The molecule has 0 fully saturated rings. The van der Waals surface area contributed by atoms with Crippen molar-refractivity contribution < 1.29 is 23.7 Å². The standard InChI is InChI=1S/C24H27NO5/c1-14-16(18-11-23(29-6)21(27-4)8-15(18)13-25-2)9-20(26-3)19-12-24(30-7)22(28-5)10-17(14)19/h8-13H,1-7H3. The monoisotopic (exact) mass is 409 g/mol. The first-order valence-corrected chi connectivity index (χ1v) is 9.44. The molecule has 0 saturated heterocycles. The van der Waals surface area contributed by atoms with Crippen molar-refractivity contribution in [2.45, 2.75) is 6.92 Å². The van der Waals surface area contributed by atoms with Crippen LogP contribution in [0.5, 0.6) is 28.7 Å². The van der Waals surface area contributed by atoms with Crippen LogP contribution in [-0.4, -0.2) is 48.8 Å². The van der Waals surface area contributed by atoms with E-state index in [2.05, 4.69) is 11.9 Å². The minimum absolute atomic E-state index is 0.645. The Balaban J connectivity index is 2.40. The first kappa shape index (κ1) is 21.3. The molecule has 30 heavy (non-hydrogen) atoms. The Morgan fingerprint density at radius 3 is 1.60 bits per heavy atom. The van der Waals surface area contributed by atoms with Gasteiger partial charge in [0.05, 0.1) is 35.5 Å². The molecule has 0 heterocycles. The summed E-state index contributed by atoms with van der Waals surface area (Å²) in [6.45, 7) is 2.08. The summed E-state index contributed by atoms with van der Waals surface area (Å²) in [5.41, 5.74) is 3.96. The minimum Gasteiger partial charge on any atom is -0.496 e. The van der Waals surface area contributed by atoms with Gasteiger partial charge in [0.15, 0.2) is 23.0 Å². The molecule has 0 aliphatic heterocycles. The van der Waals surface area contributed by atoms with Gasteiger partial charge in [-0.05, 0) is 59.3 Å². The zero-order valence-electron chi connectivity index (χ0n) is 18.5. The lowest BCUT2D eigenvalue weighted by Crippen LogP contribution is -1.99. The van der Waals surface area contributed by atoms with E-state index in [0.717, 1.165) is 38.8 Å². The average molecular weight is 409 g/mol. The fourth-order valence-corrected chi connectivity index (χ4v) is 3.68. The van der Waals surface area contributed by atoms with Crippen LogP contribution in [0, 0.1) is 6.92 Å². The van der Waals surface area contributed by atoms with Gasteiger partial charge >= 0.3 is 0 Å². The summed E-state index contributed by atoms with van der Waals surface area (Å²) in [7, 11) is 9.90. The van der Waals surface area contributed by atoms with E-state index in [1.54, 1.807) is 42.6 Å². The molecule has 0 amide bonds. The van der Waals surface area contributed by atoms with Gasteiger partial charge < -0.3 is 23.7 Å². The summed E-state index contributed by atoms with van der Waals surface area (Å²) < 4.78 is 27.8. The van der Waals surface area contributed by atoms with Gasteiger partial charge in [-0.15, -0.1) is 0 Å². The van der Waals surface area contributed by atoms with Crippen LogP contribution in [0.4, 0.5) is 0 Å². The van der Waals surface area contributed by atoms with Gasteiger partial charge in [0.2, 0.25) is 0 Å². The molecule has 0 atom stereocenters. The summed E-state index contributed by atoms with van der Waals surface area (Å²) in [6, 6.07) is 9.82. The third-order valence-corrected chi connectivity index (χ3v) is 5.21. The number of ether oxygens (including phenoxy) is 5. The molecule has 0 saturated carbocycles. The predicted octanol–water partition coefficient (Wildman–Crippen LogP) is 4.91. The van der Waals surface area contributed by atoms with Crippen LogP contribution >= 0.6 is 0 Å². The Bertz CT molecular complexity index is 1100. The fourth-order valence-electron chi connectivity index (χ4n) is 3.68. The number of benzene rings is 3. The number of aryl methyl sites for hydroxylation is 1. The molecule has 3 aromatic rings. The molecular weight excluding hydrogens is 382 g/mol. The van der Waals surface area contributed by atoms with Crippen molar-refractivity contribution in [3.05, 3.63) is 41.5 Å². The summed E-state index contributed by atoms with van der Waals surface area (Å²) in [5.74, 6) is 3.34. The zero-order valence-corrected chi connectivity index (χ0v) is 18.5. The lowest BCUT2D eigenvalue weighted by Gasteiger charge is -2.19. The van der Waals surface area contributed by atoms with Crippen LogP contribution < -0.4 is 23.7 Å². The first-order valence-electron chi connectivity index (χ1n) is 9.44. The van der Waals surface area contributed by atoms with E-state index in [0.29, 0.717) is 23.0 Å². The first-order chi connectivity index (χ1) is 14.5. The molecule has 0 aromatic heterocycles. The van der Waals surface area contributed by atoms with Crippen LogP contribution in [0.15, 0.2) is 35.3 Å². The Labute approximate surface area is 177 Å². The smallest absolute Gasteiger partial charge is 0.161 e. The van der Waals surface area contributed by atoms with Crippen molar-refractivity contribution in [1.29, 1.82) is 0 Å². The van der Waals surface area contributed by atoms with E-state index in [1.165, 1.54) is 0 Å². The SMILES string of the molecule is CN=Cc1cc(OC)c(OC)cc1-c1cc(OC)c2cc(OC)c(OC)cc2c1C. The molecule has 0 N–H and O–H groups in total. The third-order valence-electron chi connectivity index (χ3n) is 5.21. The van der Waals surface area contributed by atoms with Crippen molar-refractivity contribution >= 4 is 17.0 Å². The van der Waals surface area contributed by atoms with Crippen molar-refractivity contribution in [3.63, 3.8) is 0 Å². The second-order valence-electron chi connectivity index (χ2n) is 6.69. The summed E-state index contributed by atoms with van der Waals surface area (Å²) in [6.07, 6.45) is 1.81. The van der Waals surface area contributed by atoms with Crippen molar-refractivity contribution in [1.82, 2.24) is 0 Å². The molecule has 158 valence electrons. The lowest BCUT2D eigenvalue weighted by atomic mass is 9.91. The van der Waals surface area contributed by atoms with Gasteiger partial charge in [-0.2, -0.15) is 0 Å². The maximum absolute atomic E-state index is 5.73. The Kier molecular flexibility index (Phi) is 6.35. The largest absolute Gasteiger partial charge is 0.496 e. The van der Waals surface area contributed by atoms with Gasteiger partial charge in [0.1, 0.15) is 5.75 Å². The molecule has 3 aromatic carbocycles. The predicted molar refractivity (Wildman–Crippen MR) is 120 cm³/mol. The summed E-state index contributed by atoms with van der Waals surface area (Å²) in [5, 5.41) is 1.96. The fraction of sp³-hybridized carbons (Fsp3) is 0.292. The molecule has 0 spiro atoms. The van der Waals surface area contributed by atoms with E-state index in [9.17, 15) is 0 Å². The maximum atomic E-state index is 5.73. The van der Waals surface area contributed by atoms with Gasteiger partial charge in [-0.25, -0.2) is 0 Å². The molecule has 6 nitrogen and oxygen atoms in total. The number of hydrogen-bond donors (Lipinski definition) is 0. The minimum atomic E-state index is 0.645.